The van der Waals surface area contributed by atoms with Gasteiger partial charge in [0.25, 0.3) is 5.56 Å². The third kappa shape index (κ3) is 2.08. The number of hydrogen-bond donors (Lipinski definition) is 1. The van der Waals surface area contributed by atoms with Gasteiger partial charge in [-0.2, -0.15) is 4.98 Å². The first-order valence-electron chi connectivity index (χ1n) is 5.66. The molecule has 19 heavy (non-hydrogen) atoms. The second kappa shape index (κ2) is 4.43. The van der Waals surface area contributed by atoms with Crippen LogP contribution < -0.4 is 5.56 Å². The highest BCUT2D eigenvalue weighted by Crippen LogP contribution is 2.07. The lowest BCUT2D eigenvalue weighted by Crippen LogP contribution is -2.22. The summed E-state index contributed by atoms with van der Waals surface area (Å²) in [6.07, 6.45) is 0. The predicted octanol–water partition coefficient (Wildman–Crippen LogP) is 1.80. The molecule has 0 amide bonds. The Kier molecular flexibility index (Phi) is 2.75. The second-order valence-corrected chi connectivity index (χ2v) is 4.49. The molecule has 0 saturated heterocycles. The van der Waals surface area contributed by atoms with Crippen LogP contribution in [-0.4, -0.2) is 19.7 Å². The van der Waals surface area contributed by atoms with E-state index < -0.39 is 0 Å². The lowest BCUT2D eigenvalue weighted by atomic mass is 10.2. The fourth-order valence-corrected chi connectivity index (χ4v) is 2.14. The highest BCUT2D eigenvalue weighted by molar-refractivity contribution is 7.71. The molecule has 0 radical (unpaired) electrons. The smallest absolute Gasteiger partial charge is 0.262 e. The van der Waals surface area contributed by atoms with Crippen molar-refractivity contribution >= 4 is 23.1 Å². The molecule has 2 aromatic heterocycles. The first-order chi connectivity index (χ1) is 9.15. The summed E-state index contributed by atoms with van der Waals surface area (Å²) >= 11 is 5.19. The average Bonchev–Trinajstić information content (AvgIpc) is 2.80. The summed E-state index contributed by atoms with van der Waals surface area (Å²) in [4.78, 5) is 19.4. The Morgan fingerprint density at radius 1 is 1.42 bits per heavy atom. The minimum absolute atomic E-state index is 0.167. The number of para-hydroxylation sites is 1. The van der Waals surface area contributed by atoms with E-state index in [0.717, 1.165) is 5.52 Å². The minimum Gasteiger partial charge on any atom is -0.337 e. The number of aromatic amines is 1. The van der Waals surface area contributed by atoms with Gasteiger partial charge in [-0.15, -0.1) is 0 Å². The molecule has 0 aliphatic rings. The minimum atomic E-state index is -0.171. The van der Waals surface area contributed by atoms with Crippen LogP contribution in [-0.2, 0) is 6.54 Å². The Labute approximate surface area is 112 Å². The van der Waals surface area contributed by atoms with E-state index in [4.69, 9.17) is 16.7 Å². The zero-order valence-corrected chi connectivity index (χ0v) is 10.9. The summed E-state index contributed by atoms with van der Waals surface area (Å²) < 4.78 is 6.75. The molecule has 0 fully saturated rings. The number of benzene rings is 1. The van der Waals surface area contributed by atoms with Crippen molar-refractivity contribution < 1.29 is 4.52 Å². The van der Waals surface area contributed by atoms with Gasteiger partial charge in [-0.05, 0) is 31.3 Å². The molecular formula is C12H10N4O2S. The van der Waals surface area contributed by atoms with E-state index in [9.17, 15) is 4.79 Å². The van der Waals surface area contributed by atoms with Crippen LogP contribution in [0.5, 0.6) is 0 Å². The Hall–Kier alpha value is -2.28. The van der Waals surface area contributed by atoms with Crippen LogP contribution in [0, 0.1) is 11.7 Å². The molecule has 0 saturated carbocycles. The van der Waals surface area contributed by atoms with Crippen molar-refractivity contribution in [3.05, 3.63) is 51.1 Å². The summed E-state index contributed by atoms with van der Waals surface area (Å²) in [5, 5.41) is 4.26. The Bertz CT molecular complexity index is 862. The molecule has 96 valence electrons. The number of aryl methyl sites for hydroxylation is 1. The van der Waals surface area contributed by atoms with Crippen molar-refractivity contribution in [3.8, 4) is 0 Å². The molecule has 0 atom stereocenters. The van der Waals surface area contributed by atoms with Gasteiger partial charge in [0.1, 0.15) is 6.54 Å². The molecule has 0 unspecified atom stereocenters. The molecule has 1 aromatic carbocycles. The van der Waals surface area contributed by atoms with Gasteiger partial charge >= 0.3 is 0 Å². The Morgan fingerprint density at radius 3 is 2.95 bits per heavy atom. The van der Waals surface area contributed by atoms with E-state index in [1.165, 1.54) is 4.57 Å². The summed E-state index contributed by atoms with van der Waals surface area (Å²) in [6.45, 7) is 1.89. The van der Waals surface area contributed by atoms with Crippen LogP contribution in [0.2, 0.25) is 0 Å². The third-order valence-electron chi connectivity index (χ3n) is 2.75. The number of nitrogens with zero attached hydrogens (tertiary/aromatic N) is 3. The molecule has 0 aliphatic carbocycles. The summed E-state index contributed by atoms with van der Waals surface area (Å²) in [5.74, 6) is 0.883. The van der Waals surface area contributed by atoms with E-state index in [-0.39, 0.29) is 12.1 Å². The number of hydrogen-bond acceptors (Lipinski definition) is 5. The molecule has 3 rings (SSSR count). The lowest BCUT2D eigenvalue weighted by molar-refractivity contribution is 0.365. The number of nitrogens with one attached hydrogen (secondary N) is 1. The van der Waals surface area contributed by atoms with Crippen molar-refractivity contribution in [2.45, 2.75) is 13.5 Å². The fraction of sp³-hybridized carbons (Fsp3) is 0.167. The zero-order chi connectivity index (χ0) is 13.4. The maximum absolute atomic E-state index is 12.3. The topological polar surface area (TPSA) is 76.7 Å². The normalized spacial score (nSPS) is 11.0. The van der Waals surface area contributed by atoms with Crippen LogP contribution >= 0.6 is 12.2 Å². The molecule has 0 bridgehead atoms. The van der Waals surface area contributed by atoms with Gasteiger partial charge in [-0.25, -0.2) is 0 Å². The summed E-state index contributed by atoms with van der Waals surface area (Å²) in [5.41, 5.74) is 0.547. The maximum Gasteiger partial charge on any atom is 0.262 e. The second-order valence-electron chi connectivity index (χ2n) is 4.10. The van der Waals surface area contributed by atoms with Gasteiger partial charge in [0.15, 0.2) is 10.6 Å². The standard InChI is InChI=1S/C12H10N4O2S/c1-7-13-10(18-15-7)6-16-11(17)8-4-2-3-5-9(8)14-12(16)19/h2-5H,6H2,1H3,(H,14,19). The number of aromatic nitrogens is 4. The van der Waals surface area contributed by atoms with Gasteiger partial charge in [0.05, 0.1) is 10.9 Å². The summed E-state index contributed by atoms with van der Waals surface area (Å²) in [7, 11) is 0. The van der Waals surface area contributed by atoms with Gasteiger partial charge in [-0.3, -0.25) is 9.36 Å². The SMILES string of the molecule is Cc1noc(Cn2c(=S)[nH]c3ccccc3c2=O)n1. The molecule has 0 spiro atoms. The van der Waals surface area contributed by atoms with Crippen LogP contribution in [0.1, 0.15) is 11.7 Å². The monoisotopic (exact) mass is 274 g/mol. The predicted molar refractivity (Wildman–Crippen MR) is 71.5 cm³/mol. The van der Waals surface area contributed by atoms with Gasteiger partial charge < -0.3 is 9.51 Å². The number of fused-ring (bicyclic) bond motifs is 1. The van der Waals surface area contributed by atoms with Crippen molar-refractivity contribution in [2.24, 2.45) is 0 Å². The van der Waals surface area contributed by atoms with E-state index in [0.29, 0.717) is 21.9 Å². The molecule has 0 aliphatic heterocycles. The van der Waals surface area contributed by atoms with Crippen molar-refractivity contribution in [1.82, 2.24) is 19.7 Å². The first-order valence-corrected chi connectivity index (χ1v) is 6.07. The van der Waals surface area contributed by atoms with E-state index >= 15 is 0 Å². The van der Waals surface area contributed by atoms with Crippen molar-refractivity contribution in [3.63, 3.8) is 0 Å². The van der Waals surface area contributed by atoms with Crippen molar-refractivity contribution in [2.75, 3.05) is 0 Å². The number of rotatable bonds is 2. The quantitative estimate of drug-likeness (QED) is 0.721. The fourth-order valence-electron chi connectivity index (χ4n) is 1.88. The van der Waals surface area contributed by atoms with Crippen LogP contribution in [0.25, 0.3) is 10.9 Å². The lowest BCUT2D eigenvalue weighted by Gasteiger charge is -2.05. The molecule has 2 heterocycles. The molecule has 3 aromatic rings. The summed E-state index contributed by atoms with van der Waals surface area (Å²) in [6, 6.07) is 7.22. The molecular weight excluding hydrogens is 264 g/mol. The molecule has 7 heteroatoms. The molecule has 6 nitrogen and oxygen atoms in total. The first kappa shape index (κ1) is 11.8. The van der Waals surface area contributed by atoms with E-state index in [1.807, 2.05) is 18.2 Å². The van der Waals surface area contributed by atoms with E-state index in [2.05, 4.69) is 15.1 Å². The highest BCUT2D eigenvalue weighted by atomic mass is 32.1. The highest BCUT2D eigenvalue weighted by Gasteiger charge is 2.09. The van der Waals surface area contributed by atoms with Crippen LogP contribution in [0.4, 0.5) is 0 Å². The zero-order valence-electron chi connectivity index (χ0n) is 10.1. The van der Waals surface area contributed by atoms with Crippen LogP contribution in [0.3, 0.4) is 0 Å². The average molecular weight is 274 g/mol. The Balaban J connectivity index is 2.18. The van der Waals surface area contributed by atoms with E-state index in [1.54, 1.807) is 13.0 Å². The Morgan fingerprint density at radius 2 is 2.21 bits per heavy atom. The third-order valence-corrected chi connectivity index (χ3v) is 3.07. The molecule has 1 N–H and O–H groups in total. The van der Waals surface area contributed by atoms with Gasteiger partial charge in [0, 0.05) is 0 Å². The van der Waals surface area contributed by atoms with Crippen molar-refractivity contribution in [1.29, 1.82) is 0 Å². The van der Waals surface area contributed by atoms with Gasteiger partial charge in [-0.1, -0.05) is 17.3 Å². The largest absolute Gasteiger partial charge is 0.337 e. The van der Waals surface area contributed by atoms with Crippen LogP contribution in [0.15, 0.2) is 33.6 Å². The maximum atomic E-state index is 12.3. The number of H-pyrrole nitrogens is 1. The van der Waals surface area contributed by atoms with Gasteiger partial charge in [0.2, 0.25) is 5.89 Å².